The van der Waals surface area contributed by atoms with Crippen LogP contribution >= 0.6 is 0 Å². The van der Waals surface area contributed by atoms with Gasteiger partial charge in [0.25, 0.3) is 0 Å². The first-order valence-corrected chi connectivity index (χ1v) is 7.70. The highest BCUT2D eigenvalue weighted by Crippen LogP contribution is 2.11. The van der Waals surface area contributed by atoms with E-state index in [4.69, 9.17) is 10.3 Å². The molecule has 0 aliphatic carbocycles. The van der Waals surface area contributed by atoms with E-state index < -0.39 is 16.5 Å². The van der Waals surface area contributed by atoms with Crippen molar-refractivity contribution >= 4 is 11.1 Å². The Balaban J connectivity index is 3.07. The van der Waals surface area contributed by atoms with Gasteiger partial charge in [0.1, 0.15) is 5.37 Å². The number of nitrogens with two attached hydrogens (primary N) is 1. The quantitative estimate of drug-likeness (QED) is 0.435. The number of rotatable bonds is 11. The highest BCUT2D eigenvalue weighted by Gasteiger charge is 2.07. The molecule has 0 radical (unpaired) electrons. The molecule has 3 nitrogen and oxygen atoms in total. The van der Waals surface area contributed by atoms with Gasteiger partial charge in [-0.2, -0.15) is 0 Å². The maximum absolute atomic E-state index is 10.6. The maximum atomic E-state index is 10.6. The molecule has 0 aliphatic rings. The van der Waals surface area contributed by atoms with Gasteiger partial charge in [-0.05, 0) is 6.42 Å². The molecule has 0 saturated heterocycles. The third kappa shape index (κ3) is 10.6. The van der Waals surface area contributed by atoms with Crippen LogP contribution in [0, 0.1) is 0 Å². The van der Waals surface area contributed by atoms with Crippen LogP contribution in [0.1, 0.15) is 71.1 Å². The maximum Gasteiger partial charge on any atom is 0.170 e. The summed E-state index contributed by atoms with van der Waals surface area (Å²) in [5, 5.41) is -0.551. The summed E-state index contributed by atoms with van der Waals surface area (Å²) in [4.78, 5) is 0. The van der Waals surface area contributed by atoms with Gasteiger partial charge in [-0.15, -0.1) is 0 Å². The number of hydrogen-bond acceptors (Lipinski definition) is 2. The summed E-state index contributed by atoms with van der Waals surface area (Å²) in [6, 6.07) is 0. The van der Waals surface area contributed by atoms with Crippen molar-refractivity contribution in [3.8, 4) is 0 Å². The fraction of sp³-hybridized carbons (Fsp3) is 1.00. The van der Waals surface area contributed by atoms with Crippen molar-refractivity contribution in [3.63, 3.8) is 0 Å². The van der Waals surface area contributed by atoms with Gasteiger partial charge in [-0.25, -0.2) is 4.21 Å². The molecule has 0 fully saturated rings. The lowest BCUT2D eigenvalue weighted by Crippen LogP contribution is -2.24. The van der Waals surface area contributed by atoms with Gasteiger partial charge in [-0.3, -0.25) is 0 Å². The molecule has 0 heterocycles. The van der Waals surface area contributed by atoms with Gasteiger partial charge in [0.2, 0.25) is 0 Å². The molecule has 0 aliphatic heterocycles. The Morgan fingerprint density at radius 1 is 1.00 bits per heavy atom. The van der Waals surface area contributed by atoms with Crippen molar-refractivity contribution in [1.29, 1.82) is 0 Å². The minimum atomic E-state index is -1.85. The lowest BCUT2D eigenvalue weighted by Gasteiger charge is -2.06. The summed E-state index contributed by atoms with van der Waals surface area (Å²) in [7, 11) is 0. The third-order valence-corrected chi connectivity index (χ3v) is 3.60. The van der Waals surface area contributed by atoms with E-state index in [1.54, 1.807) is 0 Å². The molecule has 16 heavy (non-hydrogen) atoms. The Labute approximate surface area is 102 Å². The van der Waals surface area contributed by atoms with Crippen LogP contribution in [0.4, 0.5) is 0 Å². The molecule has 4 heteroatoms. The number of unbranched alkanes of at least 4 members (excludes halogenated alkanes) is 8. The Morgan fingerprint density at radius 2 is 1.44 bits per heavy atom. The first kappa shape index (κ1) is 16.1. The lowest BCUT2D eigenvalue weighted by atomic mass is 10.1. The van der Waals surface area contributed by atoms with Crippen LogP contribution in [-0.2, 0) is 11.1 Å². The Kier molecular flexibility index (Phi) is 11.6. The van der Waals surface area contributed by atoms with Crippen LogP contribution in [0.15, 0.2) is 0 Å². The molecule has 2 unspecified atom stereocenters. The van der Waals surface area contributed by atoms with Crippen molar-refractivity contribution in [1.82, 2.24) is 0 Å². The van der Waals surface area contributed by atoms with Gasteiger partial charge in [0, 0.05) is 0 Å². The number of hydrogen-bond donors (Lipinski definition) is 2. The minimum Gasteiger partial charge on any atom is -0.315 e. The van der Waals surface area contributed by atoms with Gasteiger partial charge in [0.05, 0.1) is 0 Å². The van der Waals surface area contributed by atoms with E-state index in [1.807, 2.05) is 0 Å². The summed E-state index contributed by atoms with van der Waals surface area (Å²) in [5.41, 5.74) is 5.46. The van der Waals surface area contributed by atoms with Gasteiger partial charge in [0.15, 0.2) is 11.1 Å². The Hall–Kier alpha value is 0.0700. The molecule has 0 aromatic carbocycles. The lowest BCUT2D eigenvalue weighted by molar-refractivity contribution is 0.523. The SMILES string of the molecule is CCCCCCCCCCCC(N)S(=O)O. The molecular weight excluding hydrogens is 222 g/mol. The predicted molar refractivity (Wildman–Crippen MR) is 70.6 cm³/mol. The first-order valence-electron chi connectivity index (χ1n) is 6.53. The van der Waals surface area contributed by atoms with Crippen LogP contribution in [0.2, 0.25) is 0 Å². The van der Waals surface area contributed by atoms with Crippen LogP contribution in [0.25, 0.3) is 0 Å². The van der Waals surface area contributed by atoms with Crippen molar-refractivity contribution in [2.75, 3.05) is 0 Å². The standard InChI is InChI=1S/C12H27NO2S/c1-2-3-4-5-6-7-8-9-10-11-12(13)16(14)15/h12H,2-11,13H2,1H3,(H,14,15). The molecule has 2 atom stereocenters. The van der Waals surface area contributed by atoms with Gasteiger partial charge in [-0.1, -0.05) is 64.7 Å². The molecule has 0 aromatic rings. The van der Waals surface area contributed by atoms with E-state index in [1.165, 1.54) is 44.9 Å². The van der Waals surface area contributed by atoms with Gasteiger partial charge >= 0.3 is 0 Å². The zero-order chi connectivity index (χ0) is 12.2. The molecule has 0 rings (SSSR count). The predicted octanol–water partition coefficient (Wildman–Crippen LogP) is 3.41. The van der Waals surface area contributed by atoms with Crippen molar-refractivity contribution in [3.05, 3.63) is 0 Å². The van der Waals surface area contributed by atoms with Crippen LogP contribution in [0.3, 0.4) is 0 Å². The van der Waals surface area contributed by atoms with E-state index in [9.17, 15) is 4.21 Å². The van der Waals surface area contributed by atoms with Gasteiger partial charge < -0.3 is 10.3 Å². The van der Waals surface area contributed by atoms with E-state index in [0.717, 1.165) is 12.8 Å². The topological polar surface area (TPSA) is 63.3 Å². The third-order valence-electron chi connectivity index (χ3n) is 2.85. The highest BCUT2D eigenvalue weighted by molar-refractivity contribution is 7.79. The molecule has 98 valence electrons. The average Bonchev–Trinajstić information content (AvgIpc) is 2.26. The second-order valence-electron chi connectivity index (χ2n) is 4.43. The normalized spacial score (nSPS) is 14.9. The van der Waals surface area contributed by atoms with E-state index >= 15 is 0 Å². The fourth-order valence-electron chi connectivity index (χ4n) is 1.76. The Morgan fingerprint density at radius 3 is 1.88 bits per heavy atom. The molecule has 0 spiro atoms. The second-order valence-corrected chi connectivity index (χ2v) is 5.59. The fourth-order valence-corrected chi connectivity index (χ4v) is 2.13. The molecular formula is C12H27NO2S. The van der Waals surface area contributed by atoms with E-state index in [-0.39, 0.29) is 0 Å². The van der Waals surface area contributed by atoms with Crippen LogP contribution in [0.5, 0.6) is 0 Å². The van der Waals surface area contributed by atoms with Crippen molar-refractivity contribution in [2.45, 2.75) is 76.5 Å². The first-order chi connectivity index (χ1) is 7.68. The smallest absolute Gasteiger partial charge is 0.170 e. The second kappa shape index (κ2) is 11.6. The molecule has 0 saturated carbocycles. The van der Waals surface area contributed by atoms with E-state index in [0.29, 0.717) is 6.42 Å². The monoisotopic (exact) mass is 249 g/mol. The van der Waals surface area contributed by atoms with Crippen molar-refractivity contribution in [2.24, 2.45) is 5.73 Å². The molecule has 0 amide bonds. The van der Waals surface area contributed by atoms with Crippen LogP contribution < -0.4 is 5.73 Å². The molecule has 3 N–H and O–H groups in total. The van der Waals surface area contributed by atoms with E-state index in [2.05, 4.69) is 6.92 Å². The molecule has 0 aromatic heterocycles. The summed E-state index contributed by atoms with van der Waals surface area (Å²) in [6.45, 7) is 2.23. The highest BCUT2D eigenvalue weighted by atomic mass is 32.2. The zero-order valence-electron chi connectivity index (χ0n) is 10.5. The molecule has 0 bridgehead atoms. The summed E-state index contributed by atoms with van der Waals surface area (Å²) in [6.07, 6.45) is 12.0. The largest absolute Gasteiger partial charge is 0.315 e. The Bertz CT molecular complexity index is 176. The van der Waals surface area contributed by atoms with Crippen LogP contribution in [-0.4, -0.2) is 14.1 Å². The zero-order valence-corrected chi connectivity index (χ0v) is 11.3. The van der Waals surface area contributed by atoms with Crippen molar-refractivity contribution < 1.29 is 8.76 Å². The summed E-state index contributed by atoms with van der Waals surface area (Å²) >= 11 is -1.85. The summed E-state index contributed by atoms with van der Waals surface area (Å²) in [5.74, 6) is 0. The summed E-state index contributed by atoms with van der Waals surface area (Å²) < 4.78 is 19.2. The minimum absolute atomic E-state index is 0.551. The average molecular weight is 249 g/mol.